The molecule has 1 saturated heterocycles. The molecule has 1 aromatic heterocycles. The Balaban J connectivity index is 1.57. The van der Waals surface area contributed by atoms with Crippen molar-refractivity contribution < 1.29 is 31.5 Å². The van der Waals surface area contributed by atoms with Gasteiger partial charge in [0.1, 0.15) is 17.5 Å². The molecule has 0 spiro atoms. The van der Waals surface area contributed by atoms with Crippen molar-refractivity contribution in [2.75, 3.05) is 11.9 Å². The Bertz CT molecular complexity index is 1050. The van der Waals surface area contributed by atoms with Crippen LogP contribution in [0.2, 0.25) is 0 Å². The van der Waals surface area contributed by atoms with Gasteiger partial charge in [-0.3, -0.25) is 4.79 Å². The summed E-state index contributed by atoms with van der Waals surface area (Å²) in [4.78, 5) is 21.3. The predicted molar refractivity (Wildman–Crippen MR) is 113 cm³/mol. The number of ether oxygens (including phenoxy) is 1. The maximum atomic E-state index is 14.5. The first kappa shape index (κ1) is 24.3. The Kier molecular flexibility index (Phi) is 7.01. The number of hydrogen-bond acceptors (Lipinski definition) is 5. The van der Waals surface area contributed by atoms with Gasteiger partial charge in [-0.1, -0.05) is 18.2 Å². The van der Waals surface area contributed by atoms with Crippen LogP contribution in [0.3, 0.4) is 0 Å². The zero-order chi connectivity index (χ0) is 24.5. The monoisotopic (exact) mass is 484 g/mol. The third-order valence-electron chi connectivity index (χ3n) is 5.96. The zero-order valence-corrected chi connectivity index (χ0v) is 18.5. The van der Waals surface area contributed by atoms with E-state index in [9.17, 15) is 26.7 Å². The van der Waals surface area contributed by atoms with Crippen molar-refractivity contribution >= 4 is 11.7 Å². The van der Waals surface area contributed by atoms with Crippen molar-refractivity contribution in [1.29, 1.82) is 0 Å². The Morgan fingerprint density at radius 3 is 2.68 bits per heavy atom. The highest BCUT2D eigenvalue weighted by Gasteiger charge is 2.46. The van der Waals surface area contributed by atoms with Crippen LogP contribution in [0.4, 0.5) is 27.8 Å². The molecule has 2 fully saturated rings. The van der Waals surface area contributed by atoms with E-state index in [1.807, 2.05) is 0 Å². The highest BCUT2D eigenvalue weighted by atomic mass is 19.3. The first-order chi connectivity index (χ1) is 16.1. The van der Waals surface area contributed by atoms with Crippen LogP contribution < -0.4 is 10.6 Å². The first-order valence-corrected chi connectivity index (χ1v) is 11.1. The van der Waals surface area contributed by atoms with E-state index in [2.05, 4.69) is 20.6 Å². The quantitative estimate of drug-likeness (QED) is 0.528. The van der Waals surface area contributed by atoms with E-state index in [-0.39, 0.29) is 18.5 Å². The average molecular weight is 484 g/mol. The number of alkyl halides is 4. The van der Waals surface area contributed by atoms with Crippen LogP contribution >= 0.6 is 0 Å². The molecule has 1 amide bonds. The summed E-state index contributed by atoms with van der Waals surface area (Å²) in [5, 5.41) is 5.59. The predicted octanol–water partition coefficient (Wildman–Crippen LogP) is 4.78. The molecular weight excluding hydrogens is 459 g/mol. The van der Waals surface area contributed by atoms with Gasteiger partial charge in [-0.2, -0.15) is 0 Å². The molecule has 2 aliphatic rings. The van der Waals surface area contributed by atoms with E-state index in [0.717, 1.165) is 12.5 Å². The van der Waals surface area contributed by atoms with Gasteiger partial charge in [0.15, 0.2) is 0 Å². The molecule has 184 valence electrons. The van der Waals surface area contributed by atoms with Gasteiger partial charge in [0.05, 0.1) is 23.8 Å². The molecule has 11 heteroatoms. The second kappa shape index (κ2) is 9.81. The van der Waals surface area contributed by atoms with Crippen LogP contribution in [-0.2, 0) is 22.5 Å². The number of hydrogen-bond donors (Lipinski definition) is 2. The van der Waals surface area contributed by atoms with E-state index < -0.39 is 54.6 Å². The van der Waals surface area contributed by atoms with Gasteiger partial charge in [0, 0.05) is 43.2 Å². The van der Waals surface area contributed by atoms with Gasteiger partial charge >= 0.3 is 0 Å². The average Bonchev–Trinajstić information content (AvgIpc) is 3.25. The molecule has 4 rings (SSSR count). The highest BCUT2D eigenvalue weighted by molar-refractivity contribution is 5.79. The Morgan fingerprint density at radius 1 is 1.26 bits per heavy atom. The number of benzene rings is 1. The summed E-state index contributed by atoms with van der Waals surface area (Å²) in [5.74, 6) is -3.53. The first-order valence-electron chi connectivity index (χ1n) is 11.1. The fraction of sp³-hybridized carbons (Fsp3) is 0.522. The number of nitrogens with one attached hydrogen (secondary N) is 2. The van der Waals surface area contributed by atoms with Crippen molar-refractivity contribution in [3.63, 3.8) is 0 Å². The van der Waals surface area contributed by atoms with E-state index in [1.165, 1.54) is 12.1 Å². The minimum atomic E-state index is -2.94. The fourth-order valence-corrected chi connectivity index (χ4v) is 4.33. The largest absolute Gasteiger partial charge is 0.373 e. The van der Waals surface area contributed by atoms with E-state index in [0.29, 0.717) is 35.9 Å². The van der Waals surface area contributed by atoms with Gasteiger partial charge in [-0.05, 0) is 19.8 Å². The zero-order valence-electron chi connectivity index (χ0n) is 18.5. The van der Waals surface area contributed by atoms with E-state index >= 15 is 0 Å². The van der Waals surface area contributed by atoms with Crippen LogP contribution in [0.1, 0.15) is 66.4 Å². The summed E-state index contributed by atoms with van der Waals surface area (Å²) in [6.45, 7) is 2.01. The molecule has 2 aromatic rings. The minimum absolute atomic E-state index is 0.0394. The number of anilines is 1. The standard InChI is InChI=1S/C23H25F5N4O2/c1-12-30-16(8-18(33)32-14-9-23(27,28)10-14)19(17-6-3-7-34-17)22(31-12)29-11-13-4-2-5-15(20(13)24)21(25)26/h2,4-5,14,17,21H,3,6-11H2,1H3,(H,32,33)(H,29,30,31). The van der Waals surface area contributed by atoms with Crippen LogP contribution in [0.5, 0.6) is 0 Å². The third-order valence-corrected chi connectivity index (χ3v) is 5.96. The Hall–Kier alpha value is -2.82. The maximum Gasteiger partial charge on any atom is 0.266 e. The van der Waals surface area contributed by atoms with Crippen molar-refractivity contribution in [2.24, 2.45) is 0 Å². The van der Waals surface area contributed by atoms with Gasteiger partial charge in [-0.15, -0.1) is 0 Å². The number of carbonyl (C=O) groups is 1. The van der Waals surface area contributed by atoms with Crippen molar-refractivity contribution in [1.82, 2.24) is 15.3 Å². The molecule has 0 radical (unpaired) electrons. The lowest BCUT2D eigenvalue weighted by atomic mass is 9.88. The number of rotatable bonds is 8. The SMILES string of the molecule is Cc1nc(CC(=O)NC2CC(F)(F)C2)c(C2CCCO2)c(NCc2cccc(C(F)F)c2F)n1. The number of halogens is 5. The molecule has 2 heterocycles. The summed E-state index contributed by atoms with van der Waals surface area (Å²) in [6.07, 6.45) is -2.86. The summed E-state index contributed by atoms with van der Waals surface area (Å²) >= 11 is 0. The van der Waals surface area contributed by atoms with Gasteiger partial charge in [0.25, 0.3) is 12.3 Å². The Labute approximate surface area is 193 Å². The van der Waals surface area contributed by atoms with Crippen LogP contribution in [-0.4, -0.2) is 34.4 Å². The molecule has 1 atom stereocenters. The number of aryl methyl sites for hydroxylation is 1. The summed E-state index contributed by atoms with van der Waals surface area (Å²) < 4.78 is 72.6. The lowest BCUT2D eigenvalue weighted by molar-refractivity contribution is -0.128. The second-order valence-electron chi connectivity index (χ2n) is 8.66. The third kappa shape index (κ3) is 5.45. The second-order valence-corrected chi connectivity index (χ2v) is 8.66. The smallest absolute Gasteiger partial charge is 0.266 e. The molecule has 0 bridgehead atoms. The molecule has 1 aliphatic carbocycles. The van der Waals surface area contributed by atoms with Gasteiger partial charge in [0.2, 0.25) is 5.91 Å². The molecule has 1 saturated carbocycles. The lowest BCUT2D eigenvalue weighted by Gasteiger charge is -2.35. The topological polar surface area (TPSA) is 76.1 Å². The number of nitrogens with zero attached hydrogens (tertiary/aromatic N) is 2. The molecule has 1 aliphatic heterocycles. The van der Waals surface area contributed by atoms with E-state index in [1.54, 1.807) is 6.92 Å². The van der Waals surface area contributed by atoms with Gasteiger partial charge in [-0.25, -0.2) is 31.9 Å². The van der Waals surface area contributed by atoms with Crippen LogP contribution in [0.15, 0.2) is 18.2 Å². The fourth-order valence-electron chi connectivity index (χ4n) is 4.33. The van der Waals surface area contributed by atoms with Crippen LogP contribution in [0, 0.1) is 12.7 Å². The summed E-state index contributed by atoms with van der Waals surface area (Å²) in [6, 6.07) is 3.20. The molecule has 2 N–H and O–H groups in total. The lowest BCUT2D eigenvalue weighted by Crippen LogP contribution is -2.50. The molecule has 34 heavy (non-hydrogen) atoms. The van der Waals surface area contributed by atoms with Crippen molar-refractivity contribution in [3.8, 4) is 0 Å². The normalized spacial score (nSPS) is 19.8. The highest BCUT2D eigenvalue weighted by Crippen LogP contribution is 2.38. The molecule has 1 aromatic carbocycles. The van der Waals surface area contributed by atoms with Crippen molar-refractivity contribution in [2.45, 2.75) is 70.1 Å². The molecule has 6 nitrogen and oxygen atoms in total. The number of aromatic nitrogens is 2. The van der Waals surface area contributed by atoms with Crippen LogP contribution in [0.25, 0.3) is 0 Å². The molecular formula is C23H25F5N4O2. The number of amides is 1. The maximum absolute atomic E-state index is 14.5. The minimum Gasteiger partial charge on any atom is -0.373 e. The van der Waals surface area contributed by atoms with Gasteiger partial charge < -0.3 is 15.4 Å². The summed E-state index contributed by atoms with van der Waals surface area (Å²) in [7, 11) is 0. The van der Waals surface area contributed by atoms with E-state index in [4.69, 9.17) is 4.74 Å². The number of carbonyl (C=O) groups excluding carboxylic acids is 1. The van der Waals surface area contributed by atoms with Crippen molar-refractivity contribution in [3.05, 3.63) is 52.2 Å². The summed E-state index contributed by atoms with van der Waals surface area (Å²) in [5.41, 5.74) is 0.268. The Morgan fingerprint density at radius 2 is 2.03 bits per heavy atom. The molecule has 1 unspecified atom stereocenters.